The third kappa shape index (κ3) is 1.98. The molecule has 1 aromatic rings. The van der Waals surface area contributed by atoms with Crippen LogP contribution in [-0.2, 0) is 24.0 Å². The number of benzene rings is 1. The van der Waals surface area contributed by atoms with Gasteiger partial charge in [-0.2, -0.15) is 8.42 Å². The van der Waals surface area contributed by atoms with Gasteiger partial charge < -0.3 is 0 Å². The van der Waals surface area contributed by atoms with E-state index in [4.69, 9.17) is 0 Å². The van der Waals surface area contributed by atoms with E-state index < -0.39 is 38.5 Å². The van der Waals surface area contributed by atoms with Crippen LogP contribution in [0.3, 0.4) is 0 Å². The lowest BCUT2D eigenvalue weighted by Gasteiger charge is -2.16. The summed E-state index contributed by atoms with van der Waals surface area (Å²) in [5, 5.41) is 0.134. The number of hydrogen-bond acceptors (Lipinski definition) is 5. The summed E-state index contributed by atoms with van der Waals surface area (Å²) in [5.74, 6) is -4.55. The first kappa shape index (κ1) is 15.2. The molecule has 0 saturated heterocycles. The van der Waals surface area contributed by atoms with E-state index in [1.807, 2.05) is 0 Å². The second kappa shape index (κ2) is 4.81. The third-order valence-electron chi connectivity index (χ3n) is 4.28. The molecule has 2 unspecified atom stereocenters. The summed E-state index contributed by atoms with van der Waals surface area (Å²) in [6, 6.07) is 1.76. The molecule has 4 rings (SSSR count). The first-order valence-corrected chi connectivity index (χ1v) is 8.41. The molecule has 2 aliphatic carbocycles. The minimum atomic E-state index is -4.81. The van der Waals surface area contributed by atoms with Crippen LogP contribution in [0.5, 0.6) is 0 Å². The largest absolute Gasteiger partial charge is 0.321 e. The number of fused-ring (bicyclic) bond motifs is 4. The van der Waals surface area contributed by atoms with Crippen molar-refractivity contribution in [1.29, 1.82) is 0 Å². The van der Waals surface area contributed by atoms with E-state index >= 15 is 0 Å². The van der Waals surface area contributed by atoms with Gasteiger partial charge in [-0.05, 0) is 18.6 Å². The summed E-state index contributed by atoms with van der Waals surface area (Å²) >= 11 is 0. The quantitative estimate of drug-likeness (QED) is 0.607. The number of carbonyl (C=O) groups is 2. The highest BCUT2D eigenvalue weighted by Crippen LogP contribution is 2.48. The fourth-order valence-electron chi connectivity index (χ4n) is 3.27. The van der Waals surface area contributed by atoms with E-state index in [0.29, 0.717) is 18.6 Å². The van der Waals surface area contributed by atoms with Crippen molar-refractivity contribution in [2.45, 2.75) is 11.3 Å². The van der Waals surface area contributed by atoms with Crippen molar-refractivity contribution >= 4 is 21.9 Å². The number of allylic oxidation sites excluding steroid dienone is 2. The van der Waals surface area contributed by atoms with Crippen LogP contribution in [0.15, 0.2) is 46.4 Å². The van der Waals surface area contributed by atoms with E-state index in [9.17, 15) is 26.8 Å². The predicted molar refractivity (Wildman–Crippen MR) is 74.2 cm³/mol. The Hall–Kier alpha value is -2.39. The highest BCUT2D eigenvalue weighted by molar-refractivity contribution is 7.86. The van der Waals surface area contributed by atoms with Gasteiger partial charge in [-0.25, -0.2) is 8.78 Å². The molecule has 2 amide bonds. The summed E-state index contributed by atoms with van der Waals surface area (Å²) in [6.07, 6.45) is 4.17. The molecule has 0 N–H and O–H groups in total. The maximum absolute atomic E-state index is 13.7. The first-order chi connectivity index (χ1) is 11.3. The number of carbonyl (C=O) groups excluding carboxylic acids is 2. The Morgan fingerprint density at radius 1 is 1.04 bits per heavy atom. The van der Waals surface area contributed by atoms with Crippen molar-refractivity contribution in [3.05, 3.63) is 53.1 Å². The summed E-state index contributed by atoms with van der Waals surface area (Å²) in [4.78, 5) is 23.7. The molecule has 0 radical (unpaired) electrons. The van der Waals surface area contributed by atoms with Crippen molar-refractivity contribution in [3.63, 3.8) is 0 Å². The zero-order valence-corrected chi connectivity index (χ0v) is 12.7. The number of imide groups is 1. The Morgan fingerprint density at radius 2 is 1.62 bits per heavy atom. The maximum atomic E-state index is 13.7. The molecule has 2 atom stereocenters. The number of hydroxylamine groups is 2. The van der Waals surface area contributed by atoms with Gasteiger partial charge in [-0.3, -0.25) is 9.59 Å². The molecular weight excluding hydrogens is 344 g/mol. The van der Waals surface area contributed by atoms with E-state index in [1.165, 1.54) is 0 Å². The highest BCUT2D eigenvalue weighted by Gasteiger charge is 2.52. The van der Waals surface area contributed by atoms with Crippen molar-refractivity contribution in [2.24, 2.45) is 11.8 Å². The molecule has 1 aromatic carbocycles. The van der Waals surface area contributed by atoms with Crippen molar-refractivity contribution < 1.29 is 31.1 Å². The van der Waals surface area contributed by atoms with Gasteiger partial charge in [0.05, 0.1) is 0 Å². The SMILES string of the molecule is O=C1C2=C(C(=O)N1OS(=O)(=O)c1ccc(F)cc1F)C1C=CC2C1. The molecule has 9 heteroatoms. The lowest BCUT2D eigenvalue weighted by molar-refractivity contribution is -0.163. The Balaban J connectivity index is 1.65. The second-order valence-corrected chi connectivity index (χ2v) is 7.17. The average Bonchev–Trinajstić information content (AvgIpc) is 3.16. The molecule has 1 heterocycles. The third-order valence-corrected chi connectivity index (χ3v) is 5.50. The van der Waals surface area contributed by atoms with Crippen LogP contribution >= 0.6 is 0 Å². The predicted octanol–water partition coefficient (Wildman–Crippen LogP) is 1.46. The summed E-state index contributed by atoms with van der Waals surface area (Å²) < 4.78 is 55.4. The molecular formula is C15H9F2NO5S. The Morgan fingerprint density at radius 3 is 2.17 bits per heavy atom. The molecule has 1 aliphatic heterocycles. The van der Waals surface area contributed by atoms with Crippen LogP contribution in [-0.4, -0.2) is 25.3 Å². The second-order valence-electron chi connectivity index (χ2n) is 5.67. The van der Waals surface area contributed by atoms with Gasteiger partial charge >= 0.3 is 10.1 Å². The van der Waals surface area contributed by atoms with E-state index in [1.54, 1.807) is 12.2 Å². The van der Waals surface area contributed by atoms with Crippen LogP contribution in [0.25, 0.3) is 0 Å². The molecule has 0 spiro atoms. The number of hydrogen-bond donors (Lipinski definition) is 0. The lowest BCUT2D eigenvalue weighted by atomic mass is 9.99. The van der Waals surface area contributed by atoms with Gasteiger partial charge in [0.15, 0.2) is 0 Å². The number of amides is 2. The number of rotatable bonds is 3. The molecule has 124 valence electrons. The monoisotopic (exact) mass is 353 g/mol. The summed E-state index contributed by atoms with van der Waals surface area (Å²) in [7, 11) is -4.81. The van der Waals surface area contributed by atoms with Crippen LogP contribution < -0.4 is 0 Å². The van der Waals surface area contributed by atoms with Crippen LogP contribution in [0, 0.1) is 23.5 Å². The van der Waals surface area contributed by atoms with E-state index in [0.717, 1.165) is 6.07 Å². The topological polar surface area (TPSA) is 80.8 Å². The standard InChI is InChI=1S/C15H9F2NO5S/c16-9-3-4-11(10(17)6-9)24(21,22)23-18-14(19)12-7-1-2-8(5-7)13(12)15(18)20/h1-4,6-8H,5H2. The lowest BCUT2D eigenvalue weighted by Crippen LogP contribution is -2.36. The Bertz CT molecular complexity index is 932. The van der Waals surface area contributed by atoms with Gasteiger partial charge in [0.25, 0.3) is 11.8 Å². The molecule has 24 heavy (non-hydrogen) atoms. The van der Waals surface area contributed by atoms with Crippen LogP contribution in [0.1, 0.15) is 6.42 Å². The summed E-state index contributed by atoms with van der Waals surface area (Å²) in [6.45, 7) is 0. The van der Waals surface area contributed by atoms with E-state index in [-0.39, 0.29) is 28.0 Å². The minimum absolute atomic E-state index is 0.134. The van der Waals surface area contributed by atoms with Gasteiger partial charge in [0.1, 0.15) is 16.5 Å². The molecule has 2 bridgehead atoms. The molecule has 0 saturated carbocycles. The number of halogens is 2. The average molecular weight is 353 g/mol. The van der Waals surface area contributed by atoms with Gasteiger partial charge in [-0.1, -0.05) is 12.2 Å². The van der Waals surface area contributed by atoms with Crippen molar-refractivity contribution in [1.82, 2.24) is 5.06 Å². The van der Waals surface area contributed by atoms with Crippen molar-refractivity contribution in [3.8, 4) is 0 Å². The van der Waals surface area contributed by atoms with Crippen molar-refractivity contribution in [2.75, 3.05) is 0 Å². The van der Waals surface area contributed by atoms with Crippen LogP contribution in [0.2, 0.25) is 0 Å². The van der Waals surface area contributed by atoms with Crippen LogP contribution in [0.4, 0.5) is 8.78 Å². The normalized spacial score (nSPS) is 25.2. The fraction of sp³-hybridized carbons (Fsp3) is 0.200. The molecule has 3 aliphatic rings. The van der Waals surface area contributed by atoms with Gasteiger partial charge in [-0.15, -0.1) is 9.35 Å². The highest BCUT2D eigenvalue weighted by atomic mass is 32.2. The Labute approximate surface area is 135 Å². The minimum Gasteiger partial charge on any atom is -0.267 e. The maximum Gasteiger partial charge on any atom is 0.321 e. The number of nitrogens with zero attached hydrogens (tertiary/aromatic N) is 1. The zero-order valence-electron chi connectivity index (χ0n) is 11.9. The van der Waals surface area contributed by atoms with Gasteiger partial charge in [0, 0.05) is 29.0 Å². The Kier molecular flexibility index (Phi) is 3.03. The summed E-state index contributed by atoms with van der Waals surface area (Å²) in [5.41, 5.74) is 0.449. The smallest absolute Gasteiger partial charge is 0.267 e. The first-order valence-electron chi connectivity index (χ1n) is 7.00. The molecule has 6 nitrogen and oxygen atoms in total. The van der Waals surface area contributed by atoms with E-state index in [2.05, 4.69) is 4.28 Å². The van der Waals surface area contributed by atoms with Gasteiger partial charge in [0.2, 0.25) is 0 Å². The molecule has 0 aromatic heterocycles. The fourth-order valence-corrected chi connectivity index (χ4v) is 4.21. The molecule has 0 fully saturated rings. The zero-order chi connectivity index (χ0) is 17.2.